The summed E-state index contributed by atoms with van der Waals surface area (Å²) in [6, 6.07) is 0. The van der Waals surface area contributed by atoms with Gasteiger partial charge in [0.25, 0.3) is 0 Å². The van der Waals surface area contributed by atoms with Crippen molar-refractivity contribution in [2.24, 2.45) is 16.6 Å². The van der Waals surface area contributed by atoms with Crippen molar-refractivity contribution in [2.75, 3.05) is 34.3 Å². The maximum Gasteiger partial charge on any atom is 0.228 e. The van der Waals surface area contributed by atoms with E-state index in [1.165, 1.54) is 0 Å². The van der Waals surface area contributed by atoms with Gasteiger partial charge in [0.2, 0.25) is 5.96 Å². The molecule has 0 spiro atoms. The predicted octanol–water partition coefficient (Wildman–Crippen LogP) is -1.10. The number of nitrogens with zero attached hydrogens (tertiary/aromatic N) is 2. The highest BCUT2D eigenvalue weighted by Crippen LogP contribution is 1.88. The van der Waals surface area contributed by atoms with Crippen molar-refractivity contribution < 1.29 is 9.32 Å². The molecule has 0 aliphatic carbocycles. The molecule has 11 heavy (non-hydrogen) atoms. The fraction of sp³-hybridized carbons (Fsp3) is 0.833. The second kappa shape index (κ2) is 4.02. The molecule has 0 fully saturated rings. The Bertz CT molecular complexity index is 134. The number of hydrogen-bond acceptors (Lipinski definition) is 2. The minimum atomic E-state index is -0.0357. The molecular weight excluding hydrogens is 144 g/mol. The largest absolute Gasteiger partial charge is 0.387 e. The van der Waals surface area contributed by atoms with E-state index in [1.807, 2.05) is 0 Å². The molecule has 66 valence electrons. The van der Waals surface area contributed by atoms with E-state index in [0.29, 0.717) is 6.61 Å². The van der Waals surface area contributed by atoms with Crippen LogP contribution in [0.4, 0.5) is 0 Å². The zero-order valence-electron chi connectivity index (χ0n) is 7.37. The number of quaternary nitrogens is 1. The third-order valence-corrected chi connectivity index (χ3v) is 1.02. The second-order valence-electron chi connectivity index (χ2n) is 3.36. The van der Waals surface area contributed by atoms with E-state index in [4.69, 9.17) is 16.3 Å². The van der Waals surface area contributed by atoms with Crippen molar-refractivity contribution in [3.63, 3.8) is 0 Å². The van der Waals surface area contributed by atoms with Gasteiger partial charge in [-0.05, 0) is 5.16 Å². The van der Waals surface area contributed by atoms with Gasteiger partial charge in [-0.1, -0.05) is 0 Å². The number of guanidine groups is 1. The number of oxime groups is 1. The van der Waals surface area contributed by atoms with Gasteiger partial charge in [-0.2, -0.15) is 0 Å². The Morgan fingerprint density at radius 2 is 1.91 bits per heavy atom. The standard InChI is InChI=1S/C6H17N4O/c1-10(2,3)4-5-11-9-6(7)8/h4-5H2,1-3H3,(H4,7,8,9)/q+1. The van der Waals surface area contributed by atoms with Gasteiger partial charge in [0, 0.05) is 0 Å². The molecule has 0 amide bonds. The van der Waals surface area contributed by atoms with E-state index in [-0.39, 0.29) is 5.96 Å². The van der Waals surface area contributed by atoms with Crippen LogP contribution in [0.15, 0.2) is 5.16 Å². The number of likely N-dealkylation sites (N-methyl/N-ethyl adjacent to an activating group) is 1. The van der Waals surface area contributed by atoms with Gasteiger partial charge in [-0.25, -0.2) is 0 Å². The first-order valence-electron chi connectivity index (χ1n) is 3.43. The Balaban J connectivity index is 3.36. The molecule has 0 aliphatic rings. The SMILES string of the molecule is C[N+](C)(C)CCON=C(N)N. The molecule has 0 saturated carbocycles. The summed E-state index contributed by atoms with van der Waals surface area (Å²) >= 11 is 0. The Morgan fingerprint density at radius 3 is 2.27 bits per heavy atom. The Labute approximate surface area is 67.2 Å². The fourth-order valence-electron chi connectivity index (χ4n) is 0.435. The summed E-state index contributed by atoms with van der Waals surface area (Å²) in [5, 5.41) is 3.39. The highest BCUT2D eigenvalue weighted by atomic mass is 16.6. The highest BCUT2D eigenvalue weighted by molar-refractivity contribution is 5.74. The van der Waals surface area contributed by atoms with E-state index >= 15 is 0 Å². The Hall–Kier alpha value is -0.970. The van der Waals surface area contributed by atoms with Crippen LogP contribution in [0.5, 0.6) is 0 Å². The van der Waals surface area contributed by atoms with Crippen molar-refractivity contribution in [2.45, 2.75) is 0 Å². The molecule has 0 unspecified atom stereocenters. The Kier molecular flexibility index (Phi) is 3.67. The van der Waals surface area contributed by atoms with Gasteiger partial charge >= 0.3 is 0 Å². The van der Waals surface area contributed by atoms with E-state index in [9.17, 15) is 0 Å². The smallest absolute Gasteiger partial charge is 0.228 e. The van der Waals surface area contributed by atoms with Crippen LogP contribution in [-0.2, 0) is 4.84 Å². The predicted molar refractivity (Wildman–Crippen MR) is 44.7 cm³/mol. The maximum absolute atomic E-state index is 5.04. The van der Waals surface area contributed by atoms with Gasteiger partial charge in [-0.3, -0.25) is 0 Å². The summed E-state index contributed by atoms with van der Waals surface area (Å²) in [6.07, 6.45) is 0. The molecule has 0 saturated heterocycles. The molecule has 0 aromatic rings. The summed E-state index contributed by atoms with van der Waals surface area (Å²) in [5.74, 6) is -0.0357. The second-order valence-corrected chi connectivity index (χ2v) is 3.36. The molecule has 0 radical (unpaired) electrons. The molecule has 0 aliphatic heterocycles. The van der Waals surface area contributed by atoms with Gasteiger partial charge in [-0.15, -0.1) is 0 Å². The minimum Gasteiger partial charge on any atom is -0.387 e. The molecule has 5 nitrogen and oxygen atoms in total. The summed E-state index contributed by atoms with van der Waals surface area (Å²) in [7, 11) is 6.20. The third kappa shape index (κ3) is 9.03. The normalized spacial score (nSPS) is 10.8. The lowest BCUT2D eigenvalue weighted by Crippen LogP contribution is -2.37. The van der Waals surface area contributed by atoms with E-state index in [2.05, 4.69) is 26.3 Å². The summed E-state index contributed by atoms with van der Waals surface area (Å²) in [6.45, 7) is 1.40. The van der Waals surface area contributed by atoms with Crippen LogP contribution in [0, 0.1) is 0 Å². The summed E-state index contributed by atoms with van der Waals surface area (Å²) < 4.78 is 0.833. The summed E-state index contributed by atoms with van der Waals surface area (Å²) in [5.41, 5.74) is 10.1. The monoisotopic (exact) mass is 161 g/mol. The molecule has 0 bridgehead atoms. The van der Waals surface area contributed by atoms with Crippen LogP contribution in [0.25, 0.3) is 0 Å². The first kappa shape index (κ1) is 10.0. The van der Waals surface area contributed by atoms with Gasteiger partial charge in [0.15, 0.2) is 6.61 Å². The van der Waals surface area contributed by atoms with Gasteiger partial charge < -0.3 is 20.8 Å². The molecule has 0 aromatic carbocycles. The van der Waals surface area contributed by atoms with Gasteiger partial charge in [0.1, 0.15) is 6.54 Å². The minimum absolute atomic E-state index is 0.0357. The first-order chi connectivity index (χ1) is 4.92. The molecule has 4 N–H and O–H groups in total. The van der Waals surface area contributed by atoms with E-state index in [0.717, 1.165) is 11.0 Å². The Morgan fingerprint density at radius 1 is 1.36 bits per heavy atom. The molecule has 5 heteroatoms. The number of rotatable bonds is 4. The third-order valence-electron chi connectivity index (χ3n) is 1.02. The number of nitrogens with two attached hydrogens (primary N) is 2. The molecule has 0 atom stereocenters. The number of hydrogen-bond donors (Lipinski definition) is 2. The van der Waals surface area contributed by atoms with Crippen molar-refractivity contribution in [3.05, 3.63) is 0 Å². The highest BCUT2D eigenvalue weighted by Gasteiger charge is 2.05. The van der Waals surface area contributed by atoms with Crippen molar-refractivity contribution in [1.29, 1.82) is 0 Å². The maximum atomic E-state index is 5.04. The van der Waals surface area contributed by atoms with Gasteiger partial charge in [0.05, 0.1) is 21.1 Å². The van der Waals surface area contributed by atoms with Crippen LogP contribution in [0.2, 0.25) is 0 Å². The fourth-order valence-corrected chi connectivity index (χ4v) is 0.435. The van der Waals surface area contributed by atoms with Crippen molar-refractivity contribution in [1.82, 2.24) is 0 Å². The molecule has 0 rings (SSSR count). The van der Waals surface area contributed by atoms with Crippen LogP contribution < -0.4 is 11.5 Å². The lowest BCUT2D eigenvalue weighted by atomic mass is 10.5. The van der Waals surface area contributed by atoms with Crippen molar-refractivity contribution in [3.8, 4) is 0 Å². The average Bonchev–Trinajstić information content (AvgIpc) is 1.78. The topological polar surface area (TPSA) is 73.6 Å². The zero-order chi connectivity index (χ0) is 8.91. The lowest BCUT2D eigenvalue weighted by molar-refractivity contribution is -0.870. The lowest BCUT2D eigenvalue weighted by Gasteiger charge is -2.22. The van der Waals surface area contributed by atoms with Crippen LogP contribution in [-0.4, -0.2) is 44.7 Å². The molecular formula is C6H17N4O+. The summed E-state index contributed by atoms with van der Waals surface area (Å²) in [4.78, 5) is 4.79. The van der Waals surface area contributed by atoms with Crippen LogP contribution in [0.3, 0.4) is 0 Å². The van der Waals surface area contributed by atoms with Crippen LogP contribution in [0.1, 0.15) is 0 Å². The molecule has 0 heterocycles. The first-order valence-corrected chi connectivity index (χ1v) is 3.43. The average molecular weight is 161 g/mol. The molecule has 0 aromatic heterocycles. The van der Waals surface area contributed by atoms with Crippen molar-refractivity contribution >= 4 is 5.96 Å². The quantitative estimate of drug-likeness (QED) is 0.181. The van der Waals surface area contributed by atoms with Crippen LogP contribution >= 0.6 is 0 Å². The van der Waals surface area contributed by atoms with E-state index < -0.39 is 0 Å². The van der Waals surface area contributed by atoms with E-state index in [1.54, 1.807) is 0 Å². The zero-order valence-corrected chi connectivity index (χ0v) is 7.37.